The Hall–Kier alpha value is -2.20. The molecule has 22 heavy (non-hydrogen) atoms. The van der Waals surface area contributed by atoms with Crippen LogP contribution in [0.15, 0.2) is 42.7 Å². The summed E-state index contributed by atoms with van der Waals surface area (Å²) in [5.74, 6) is -0.772. The fourth-order valence-corrected chi connectivity index (χ4v) is 2.57. The van der Waals surface area contributed by atoms with Crippen molar-refractivity contribution in [3.05, 3.63) is 65.0 Å². The fraction of sp³-hybridized carbons (Fsp3) is 0.333. The predicted octanol–water partition coefficient (Wildman–Crippen LogP) is 2.58. The van der Waals surface area contributed by atoms with E-state index in [9.17, 15) is 4.79 Å². The smallest absolute Gasteiger partial charge is 0.303 e. The number of carboxylic acids is 1. The Kier molecular flexibility index (Phi) is 5.67. The Bertz CT molecular complexity index is 624. The largest absolute Gasteiger partial charge is 0.481 e. The number of carbonyl (C=O) groups is 1. The zero-order chi connectivity index (χ0) is 15.9. The minimum atomic E-state index is -0.772. The summed E-state index contributed by atoms with van der Waals surface area (Å²) in [6, 6.07) is 10.4. The van der Waals surface area contributed by atoms with Crippen LogP contribution in [0.5, 0.6) is 0 Å². The molecule has 0 amide bonds. The van der Waals surface area contributed by atoms with Gasteiger partial charge in [-0.05, 0) is 54.5 Å². The van der Waals surface area contributed by atoms with E-state index in [0.29, 0.717) is 6.42 Å². The molecule has 0 saturated carbocycles. The Morgan fingerprint density at radius 1 is 1.23 bits per heavy atom. The molecule has 0 saturated heterocycles. The van der Waals surface area contributed by atoms with Crippen LogP contribution < -0.4 is 5.73 Å². The first-order chi connectivity index (χ1) is 10.5. The van der Waals surface area contributed by atoms with Gasteiger partial charge in [0.25, 0.3) is 0 Å². The SMILES string of the molecule is CC(N)Cc1cc(CCC(=O)O)cc(Cc2cccnc2)c1. The van der Waals surface area contributed by atoms with E-state index < -0.39 is 5.97 Å². The first kappa shape index (κ1) is 16.2. The Balaban J connectivity index is 2.22. The molecule has 0 spiro atoms. The van der Waals surface area contributed by atoms with E-state index in [1.165, 1.54) is 5.56 Å². The molecule has 2 aromatic rings. The van der Waals surface area contributed by atoms with Gasteiger partial charge in [-0.25, -0.2) is 0 Å². The van der Waals surface area contributed by atoms with Crippen molar-refractivity contribution < 1.29 is 9.90 Å². The predicted molar refractivity (Wildman–Crippen MR) is 86.8 cm³/mol. The highest BCUT2D eigenvalue weighted by molar-refractivity contribution is 5.67. The zero-order valence-electron chi connectivity index (χ0n) is 12.8. The van der Waals surface area contributed by atoms with Crippen LogP contribution in [-0.2, 0) is 24.1 Å². The maximum Gasteiger partial charge on any atom is 0.303 e. The molecular formula is C18H22N2O2. The van der Waals surface area contributed by atoms with Gasteiger partial charge >= 0.3 is 5.97 Å². The third kappa shape index (κ3) is 5.30. The Labute approximate surface area is 131 Å². The zero-order valence-corrected chi connectivity index (χ0v) is 12.8. The Morgan fingerprint density at radius 3 is 2.59 bits per heavy atom. The number of pyridine rings is 1. The number of benzene rings is 1. The minimum Gasteiger partial charge on any atom is -0.481 e. The Morgan fingerprint density at radius 2 is 1.95 bits per heavy atom. The van der Waals surface area contributed by atoms with Crippen LogP contribution in [0.2, 0.25) is 0 Å². The van der Waals surface area contributed by atoms with Gasteiger partial charge in [-0.1, -0.05) is 24.3 Å². The quantitative estimate of drug-likeness (QED) is 0.823. The average Bonchev–Trinajstić information content (AvgIpc) is 2.45. The van der Waals surface area contributed by atoms with Crippen molar-refractivity contribution in [2.75, 3.05) is 0 Å². The number of aliphatic carboxylic acids is 1. The third-order valence-corrected chi connectivity index (χ3v) is 3.43. The van der Waals surface area contributed by atoms with Crippen LogP contribution in [0.25, 0.3) is 0 Å². The van der Waals surface area contributed by atoms with E-state index in [4.69, 9.17) is 10.8 Å². The standard InChI is InChI=1S/C18H22N2O2/c1-13(19)7-16-8-14(4-5-18(21)22)9-17(11-16)10-15-3-2-6-20-12-15/h2-3,6,8-9,11-13H,4-5,7,10,19H2,1H3,(H,21,22). The molecule has 1 aromatic heterocycles. The maximum absolute atomic E-state index is 10.8. The maximum atomic E-state index is 10.8. The monoisotopic (exact) mass is 298 g/mol. The lowest BCUT2D eigenvalue weighted by Crippen LogP contribution is -2.18. The van der Waals surface area contributed by atoms with Gasteiger partial charge in [0.1, 0.15) is 0 Å². The number of carboxylic acid groups (broad SMARTS) is 1. The van der Waals surface area contributed by atoms with E-state index >= 15 is 0 Å². The van der Waals surface area contributed by atoms with Crippen molar-refractivity contribution in [2.45, 2.75) is 38.6 Å². The van der Waals surface area contributed by atoms with Gasteiger partial charge in [0.05, 0.1) is 0 Å². The van der Waals surface area contributed by atoms with E-state index in [-0.39, 0.29) is 12.5 Å². The highest BCUT2D eigenvalue weighted by Gasteiger charge is 2.06. The molecule has 0 radical (unpaired) electrons. The van der Waals surface area contributed by atoms with Gasteiger partial charge in [0.15, 0.2) is 0 Å². The minimum absolute atomic E-state index is 0.0842. The molecule has 0 aliphatic heterocycles. The number of aryl methyl sites for hydroxylation is 1. The van der Waals surface area contributed by atoms with E-state index in [1.807, 2.05) is 25.3 Å². The van der Waals surface area contributed by atoms with Crippen molar-refractivity contribution in [3.8, 4) is 0 Å². The summed E-state index contributed by atoms with van der Waals surface area (Å²) < 4.78 is 0. The topological polar surface area (TPSA) is 76.2 Å². The van der Waals surface area contributed by atoms with Crippen molar-refractivity contribution in [1.29, 1.82) is 0 Å². The molecule has 1 unspecified atom stereocenters. The second-order valence-corrected chi connectivity index (χ2v) is 5.77. The van der Waals surface area contributed by atoms with Crippen molar-refractivity contribution >= 4 is 5.97 Å². The summed E-state index contributed by atoms with van der Waals surface area (Å²) in [4.78, 5) is 14.9. The molecular weight excluding hydrogens is 276 g/mol. The third-order valence-electron chi connectivity index (χ3n) is 3.43. The average molecular weight is 298 g/mol. The highest BCUT2D eigenvalue weighted by Crippen LogP contribution is 2.17. The lowest BCUT2D eigenvalue weighted by atomic mass is 9.96. The summed E-state index contributed by atoms with van der Waals surface area (Å²) in [6.07, 6.45) is 5.89. The molecule has 1 aromatic carbocycles. The summed E-state index contributed by atoms with van der Waals surface area (Å²) in [6.45, 7) is 1.98. The molecule has 0 fully saturated rings. The molecule has 4 nitrogen and oxygen atoms in total. The highest BCUT2D eigenvalue weighted by atomic mass is 16.4. The van der Waals surface area contributed by atoms with Crippen LogP contribution in [-0.4, -0.2) is 22.1 Å². The molecule has 1 heterocycles. The number of hydrogen-bond donors (Lipinski definition) is 2. The van der Waals surface area contributed by atoms with Crippen LogP contribution in [0.3, 0.4) is 0 Å². The van der Waals surface area contributed by atoms with Gasteiger partial charge < -0.3 is 10.8 Å². The van der Waals surface area contributed by atoms with Gasteiger partial charge in [-0.15, -0.1) is 0 Å². The summed E-state index contributed by atoms with van der Waals surface area (Å²) in [7, 11) is 0. The molecule has 3 N–H and O–H groups in total. The van der Waals surface area contributed by atoms with Gasteiger partial charge in [0, 0.05) is 24.9 Å². The van der Waals surface area contributed by atoms with Crippen LogP contribution >= 0.6 is 0 Å². The molecule has 2 rings (SSSR count). The van der Waals surface area contributed by atoms with Crippen LogP contribution in [0, 0.1) is 0 Å². The lowest BCUT2D eigenvalue weighted by molar-refractivity contribution is -0.136. The number of nitrogens with two attached hydrogens (primary N) is 1. The number of hydrogen-bond acceptors (Lipinski definition) is 3. The van der Waals surface area contributed by atoms with E-state index in [0.717, 1.165) is 29.5 Å². The van der Waals surface area contributed by atoms with Crippen molar-refractivity contribution in [3.63, 3.8) is 0 Å². The second kappa shape index (κ2) is 7.71. The molecule has 0 aliphatic carbocycles. The second-order valence-electron chi connectivity index (χ2n) is 5.77. The molecule has 0 aliphatic rings. The van der Waals surface area contributed by atoms with E-state index in [1.54, 1.807) is 6.20 Å². The first-order valence-corrected chi connectivity index (χ1v) is 7.51. The lowest BCUT2D eigenvalue weighted by Gasteiger charge is -2.11. The number of nitrogens with zero attached hydrogens (tertiary/aromatic N) is 1. The number of aromatic nitrogens is 1. The van der Waals surface area contributed by atoms with E-state index in [2.05, 4.69) is 23.2 Å². The molecule has 116 valence electrons. The van der Waals surface area contributed by atoms with Gasteiger partial charge in [0.2, 0.25) is 0 Å². The van der Waals surface area contributed by atoms with Crippen molar-refractivity contribution in [1.82, 2.24) is 4.98 Å². The molecule has 4 heteroatoms. The summed E-state index contributed by atoms with van der Waals surface area (Å²) in [5.41, 5.74) is 10.4. The molecule has 0 bridgehead atoms. The summed E-state index contributed by atoms with van der Waals surface area (Å²) in [5, 5.41) is 8.87. The van der Waals surface area contributed by atoms with Gasteiger partial charge in [-0.3, -0.25) is 9.78 Å². The fourth-order valence-electron chi connectivity index (χ4n) is 2.57. The molecule has 1 atom stereocenters. The van der Waals surface area contributed by atoms with Gasteiger partial charge in [-0.2, -0.15) is 0 Å². The van der Waals surface area contributed by atoms with Crippen LogP contribution in [0.1, 0.15) is 35.6 Å². The van der Waals surface area contributed by atoms with Crippen LogP contribution in [0.4, 0.5) is 0 Å². The number of rotatable bonds is 7. The first-order valence-electron chi connectivity index (χ1n) is 7.51. The normalized spacial score (nSPS) is 12.1. The summed E-state index contributed by atoms with van der Waals surface area (Å²) >= 11 is 0. The van der Waals surface area contributed by atoms with Crippen molar-refractivity contribution in [2.24, 2.45) is 5.73 Å².